The maximum atomic E-state index is 13.1. The van der Waals surface area contributed by atoms with Gasteiger partial charge in [-0.2, -0.15) is 0 Å². The summed E-state index contributed by atoms with van der Waals surface area (Å²) in [5, 5.41) is 3.28. The third-order valence-electron chi connectivity index (χ3n) is 6.49. The molecule has 0 aliphatic carbocycles. The summed E-state index contributed by atoms with van der Waals surface area (Å²) < 4.78 is 0.937. The predicted molar refractivity (Wildman–Crippen MR) is 155 cm³/mol. The Balaban J connectivity index is 1.16. The van der Waals surface area contributed by atoms with Crippen molar-refractivity contribution in [1.82, 2.24) is 14.8 Å². The van der Waals surface area contributed by atoms with E-state index in [9.17, 15) is 4.79 Å². The molecule has 0 bridgehead atoms. The monoisotopic (exact) mass is 567 g/mol. The van der Waals surface area contributed by atoms with E-state index in [4.69, 9.17) is 23.2 Å². The second-order valence-electron chi connectivity index (χ2n) is 8.95. The first-order chi connectivity index (χ1) is 18.1. The first-order valence-electron chi connectivity index (χ1n) is 12.2. The van der Waals surface area contributed by atoms with Gasteiger partial charge in [0.25, 0.3) is 0 Å². The number of piperazine rings is 1. The van der Waals surface area contributed by atoms with Crippen LogP contribution in [0.2, 0.25) is 10.0 Å². The molecule has 5 rings (SSSR count). The van der Waals surface area contributed by atoms with Gasteiger partial charge in [-0.05, 0) is 28.8 Å². The number of amides is 1. The van der Waals surface area contributed by atoms with Crippen molar-refractivity contribution in [3.05, 3.63) is 117 Å². The minimum Gasteiger partial charge on any atom is -0.340 e. The Hall–Kier alpha value is -2.35. The minimum atomic E-state index is 0.137. The summed E-state index contributed by atoms with van der Waals surface area (Å²) in [6.07, 6.45) is 0.333. The van der Waals surface area contributed by atoms with Crippen LogP contribution in [0.1, 0.15) is 28.4 Å². The molecule has 1 aliphatic heterocycles. The third-order valence-corrected chi connectivity index (χ3v) is 9.20. The van der Waals surface area contributed by atoms with Crippen LogP contribution in [-0.4, -0.2) is 46.9 Å². The predicted octanol–water partition coefficient (Wildman–Crippen LogP) is 7.22. The largest absolute Gasteiger partial charge is 0.340 e. The molecule has 4 aromatic rings. The number of benzene rings is 3. The molecule has 4 nitrogen and oxygen atoms in total. The average Bonchev–Trinajstić information content (AvgIpc) is 3.37. The smallest absolute Gasteiger partial charge is 0.228 e. The Labute approximate surface area is 236 Å². The number of aromatic nitrogens is 1. The van der Waals surface area contributed by atoms with Crippen molar-refractivity contribution >= 4 is 52.2 Å². The lowest BCUT2D eigenvalue weighted by atomic mass is 9.96. The second-order valence-corrected chi connectivity index (χ2v) is 11.9. The van der Waals surface area contributed by atoms with Crippen molar-refractivity contribution in [3.8, 4) is 0 Å². The zero-order valence-electron chi connectivity index (χ0n) is 20.2. The Morgan fingerprint density at radius 2 is 1.57 bits per heavy atom. The van der Waals surface area contributed by atoms with Crippen molar-refractivity contribution in [1.29, 1.82) is 0 Å². The standard InChI is InChI=1S/C29H27Cl2N3OS2/c30-24-12-11-23(26(31)17-24)19-36-29-32-25(20-37-29)18-27(35)33-13-15-34(16-14-33)28(21-7-3-1-4-8-21)22-9-5-2-6-10-22/h1-12,17,20,28H,13-16,18-19H2. The number of rotatable bonds is 8. The fraction of sp³-hybridized carbons (Fsp3) is 0.241. The van der Waals surface area contributed by atoms with E-state index >= 15 is 0 Å². The van der Waals surface area contributed by atoms with Gasteiger partial charge in [0.15, 0.2) is 0 Å². The molecule has 0 unspecified atom stereocenters. The number of halogens is 2. The highest BCUT2D eigenvalue weighted by molar-refractivity contribution is 8.00. The number of nitrogens with zero attached hydrogens (tertiary/aromatic N) is 3. The molecule has 0 atom stereocenters. The molecule has 0 saturated carbocycles. The molecule has 1 aromatic heterocycles. The molecule has 0 spiro atoms. The molecule has 37 heavy (non-hydrogen) atoms. The van der Waals surface area contributed by atoms with Crippen LogP contribution in [-0.2, 0) is 17.0 Å². The molecule has 1 saturated heterocycles. The molecule has 1 amide bonds. The lowest BCUT2D eigenvalue weighted by molar-refractivity contribution is -0.132. The summed E-state index contributed by atoms with van der Waals surface area (Å²) >= 11 is 15.5. The highest BCUT2D eigenvalue weighted by atomic mass is 35.5. The van der Waals surface area contributed by atoms with Gasteiger partial charge in [0.2, 0.25) is 5.91 Å². The zero-order chi connectivity index (χ0) is 25.6. The highest BCUT2D eigenvalue weighted by Crippen LogP contribution is 2.31. The molecule has 3 aromatic carbocycles. The maximum Gasteiger partial charge on any atom is 0.228 e. The van der Waals surface area contributed by atoms with Gasteiger partial charge in [-0.1, -0.05) is 102 Å². The summed E-state index contributed by atoms with van der Waals surface area (Å²) in [5.74, 6) is 0.848. The number of thiazole rings is 1. The third kappa shape index (κ3) is 6.75. The summed E-state index contributed by atoms with van der Waals surface area (Å²) in [6, 6.07) is 27.0. The molecule has 1 aliphatic rings. The topological polar surface area (TPSA) is 36.4 Å². The van der Waals surface area contributed by atoms with E-state index in [-0.39, 0.29) is 11.9 Å². The summed E-state index contributed by atoms with van der Waals surface area (Å²) in [7, 11) is 0. The first-order valence-corrected chi connectivity index (χ1v) is 14.8. The Morgan fingerprint density at radius 1 is 0.919 bits per heavy atom. The maximum absolute atomic E-state index is 13.1. The molecule has 1 fully saturated rings. The Morgan fingerprint density at radius 3 is 2.19 bits per heavy atom. The minimum absolute atomic E-state index is 0.137. The van der Waals surface area contributed by atoms with Gasteiger partial charge >= 0.3 is 0 Å². The van der Waals surface area contributed by atoms with Crippen molar-refractivity contribution in [2.75, 3.05) is 26.2 Å². The second kappa shape index (κ2) is 12.5. The lowest BCUT2D eigenvalue weighted by Gasteiger charge is -2.39. The van der Waals surface area contributed by atoms with Crippen LogP contribution in [0.5, 0.6) is 0 Å². The van der Waals surface area contributed by atoms with Crippen LogP contribution < -0.4 is 0 Å². The van der Waals surface area contributed by atoms with Crippen LogP contribution >= 0.6 is 46.3 Å². The van der Waals surface area contributed by atoms with Crippen LogP contribution in [0.15, 0.2) is 88.6 Å². The van der Waals surface area contributed by atoms with E-state index in [0.29, 0.717) is 22.2 Å². The van der Waals surface area contributed by atoms with E-state index in [1.165, 1.54) is 11.1 Å². The fourth-order valence-corrected chi connectivity index (χ4v) is 7.00. The highest BCUT2D eigenvalue weighted by Gasteiger charge is 2.28. The van der Waals surface area contributed by atoms with Gasteiger partial charge in [-0.25, -0.2) is 4.98 Å². The summed E-state index contributed by atoms with van der Waals surface area (Å²) in [5.41, 5.74) is 4.40. The molecule has 2 heterocycles. The van der Waals surface area contributed by atoms with E-state index in [0.717, 1.165) is 41.8 Å². The van der Waals surface area contributed by atoms with E-state index in [1.54, 1.807) is 29.2 Å². The summed E-state index contributed by atoms with van der Waals surface area (Å²) in [6.45, 7) is 3.10. The van der Waals surface area contributed by atoms with Gasteiger partial charge in [0.05, 0.1) is 18.2 Å². The number of carbonyl (C=O) groups excluding carboxylic acids is 1. The van der Waals surface area contributed by atoms with Gasteiger partial charge < -0.3 is 4.90 Å². The SMILES string of the molecule is O=C(Cc1csc(SCc2ccc(Cl)cc2Cl)n1)N1CCN(C(c2ccccc2)c2ccccc2)CC1. The van der Waals surface area contributed by atoms with Gasteiger partial charge in [0, 0.05) is 47.4 Å². The molecular formula is C29H27Cl2N3OS2. The molecule has 0 radical (unpaired) electrons. The van der Waals surface area contributed by atoms with Crippen LogP contribution in [0.4, 0.5) is 0 Å². The number of hydrogen-bond donors (Lipinski definition) is 0. The first kappa shape index (κ1) is 26.3. The van der Waals surface area contributed by atoms with E-state index in [1.807, 2.05) is 22.4 Å². The number of carbonyl (C=O) groups is 1. The van der Waals surface area contributed by atoms with Gasteiger partial charge in [-0.3, -0.25) is 9.69 Å². The van der Waals surface area contributed by atoms with Crippen molar-refractivity contribution in [3.63, 3.8) is 0 Å². The molecule has 190 valence electrons. The average molecular weight is 569 g/mol. The van der Waals surface area contributed by atoms with E-state index in [2.05, 4.69) is 70.5 Å². The van der Waals surface area contributed by atoms with E-state index < -0.39 is 0 Å². The lowest BCUT2D eigenvalue weighted by Crippen LogP contribution is -2.50. The summed E-state index contributed by atoms with van der Waals surface area (Å²) in [4.78, 5) is 22.2. The van der Waals surface area contributed by atoms with Crippen LogP contribution in [0.3, 0.4) is 0 Å². The van der Waals surface area contributed by atoms with Gasteiger partial charge in [0.1, 0.15) is 4.34 Å². The normalized spacial score (nSPS) is 14.3. The van der Waals surface area contributed by atoms with Crippen molar-refractivity contribution < 1.29 is 4.79 Å². The molecular weight excluding hydrogens is 541 g/mol. The van der Waals surface area contributed by atoms with Crippen LogP contribution in [0.25, 0.3) is 0 Å². The molecule has 8 heteroatoms. The Kier molecular flexibility index (Phi) is 8.85. The molecule has 0 N–H and O–H groups in total. The van der Waals surface area contributed by atoms with Crippen molar-refractivity contribution in [2.24, 2.45) is 0 Å². The zero-order valence-corrected chi connectivity index (χ0v) is 23.4. The quantitative estimate of drug-likeness (QED) is 0.210. The number of hydrogen-bond acceptors (Lipinski definition) is 5. The number of thioether (sulfide) groups is 1. The fourth-order valence-electron chi connectivity index (χ4n) is 4.60. The van der Waals surface area contributed by atoms with Crippen molar-refractivity contribution in [2.45, 2.75) is 22.6 Å². The van der Waals surface area contributed by atoms with Crippen LogP contribution in [0, 0.1) is 0 Å². The Bertz CT molecular complexity index is 1290. The van der Waals surface area contributed by atoms with Gasteiger partial charge in [-0.15, -0.1) is 11.3 Å².